The fraction of sp³-hybridized carbons (Fsp3) is 0.517. The number of pyridine rings is 1. The highest BCUT2D eigenvalue weighted by Gasteiger charge is 2.29. The molecule has 39 heavy (non-hydrogen) atoms. The van der Waals surface area contributed by atoms with Crippen molar-refractivity contribution < 1.29 is 28.8 Å². The number of aromatic nitrogens is 1. The van der Waals surface area contributed by atoms with Crippen molar-refractivity contribution in [3.63, 3.8) is 0 Å². The monoisotopic (exact) mass is 561 g/mol. The van der Waals surface area contributed by atoms with E-state index in [0.29, 0.717) is 36.6 Å². The first-order valence-electron chi connectivity index (χ1n) is 13.3. The van der Waals surface area contributed by atoms with Crippen molar-refractivity contribution >= 4 is 28.9 Å². The van der Waals surface area contributed by atoms with Gasteiger partial charge in [-0.25, -0.2) is 9.78 Å². The Morgan fingerprint density at radius 3 is 2.72 bits per heavy atom. The van der Waals surface area contributed by atoms with Crippen LogP contribution >= 0.6 is 11.6 Å². The Balaban J connectivity index is 1.53. The second kappa shape index (κ2) is 15.5. The first-order valence-corrected chi connectivity index (χ1v) is 13.6. The summed E-state index contributed by atoms with van der Waals surface area (Å²) in [7, 11) is 3.25. The van der Waals surface area contributed by atoms with Crippen LogP contribution < -0.4 is 19.7 Å². The number of hydrogen-bond acceptors (Lipinski definition) is 8. The minimum atomic E-state index is -0.968. The first kappa shape index (κ1) is 30.5. The number of carbonyl (C=O) groups is 1. The van der Waals surface area contributed by atoms with Gasteiger partial charge in [0.15, 0.2) is 0 Å². The molecule has 1 aromatic carbocycles. The minimum Gasteiger partial charge on any atom is -0.490 e. The number of benzene rings is 1. The molecule has 9 nitrogen and oxygen atoms in total. The summed E-state index contributed by atoms with van der Waals surface area (Å²) >= 11 is 6.41. The number of rotatable bonds is 15. The topological polar surface area (TPSA) is 102 Å². The average Bonchev–Trinajstić information content (AvgIpc) is 2.93. The lowest BCUT2D eigenvalue weighted by atomic mass is 9.96. The zero-order chi connectivity index (χ0) is 28.2. The molecule has 10 heteroatoms. The summed E-state index contributed by atoms with van der Waals surface area (Å²) in [5.74, 6) is 0.617. The van der Waals surface area contributed by atoms with Gasteiger partial charge >= 0.3 is 5.97 Å². The molecule has 0 amide bonds. The van der Waals surface area contributed by atoms with E-state index >= 15 is 0 Å². The number of nitrogens with zero attached hydrogens (tertiary/aromatic N) is 2. The molecule has 1 saturated heterocycles. The molecule has 0 bridgehead atoms. The lowest BCUT2D eigenvalue weighted by Gasteiger charge is -2.38. The number of aliphatic carboxylic acids is 1. The van der Waals surface area contributed by atoms with Crippen LogP contribution in [-0.4, -0.2) is 75.3 Å². The molecular formula is C29H40ClN3O6. The third-order valence-electron chi connectivity index (χ3n) is 6.79. The second-order valence-electron chi connectivity index (χ2n) is 9.76. The summed E-state index contributed by atoms with van der Waals surface area (Å²) in [5.41, 5.74) is 1.87. The molecule has 1 aromatic heterocycles. The van der Waals surface area contributed by atoms with Crippen molar-refractivity contribution in [1.82, 2.24) is 4.98 Å². The van der Waals surface area contributed by atoms with Crippen molar-refractivity contribution in [2.45, 2.75) is 38.9 Å². The summed E-state index contributed by atoms with van der Waals surface area (Å²) < 4.78 is 22.7. The molecule has 0 spiro atoms. The average molecular weight is 562 g/mol. The molecule has 2 unspecified atom stereocenters. The number of ether oxygens (including phenoxy) is 4. The van der Waals surface area contributed by atoms with E-state index in [9.17, 15) is 4.79 Å². The Hall–Kier alpha value is -3.01. The Labute approximate surface area is 236 Å². The number of carboxylic acid groups (broad SMARTS) is 1. The van der Waals surface area contributed by atoms with Crippen LogP contribution in [0.25, 0.3) is 0 Å². The van der Waals surface area contributed by atoms with E-state index < -0.39 is 5.97 Å². The number of hydrogen-bond donors (Lipinski definition) is 2. The van der Waals surface area contributed by atoms with Crippen molar-refractivity contribution in [3.05, 3.63) is 53.7 Å². The van der Waals surface area contributed by atoms with E-state index in [1.807, 2.05) is 37.3 Å². The Bertz CT molecular complexity index is 1070. The van der Waals surface area contributed by atoms with Crippen molar-refractivity contribution in [1.29, 1.82) is 0 Å². The predicted octanol–water partition coefficient (Wildman–Crippen LogP) is 5.15. The first-order chi connectivity index (χ1) is 18.8. The van der Waals surface area contributed by atoms with Crippen LogP contribution in [0.3, 0.4) is 0 Å². The van der Waals surface area contributed by atoms with Crippen molar-refractivity contribution in [3.8, 4) is 11.6 Å². The van der Waals surface area contributed by atoms with Crippen LogP contribution in [-0.2, 0) is 14.3 Å². The normalized spacial score (nSPS) is 19.1. The van der Waals surface area contributed by atoms with Crippen LogP contribution in [0.2, 0.25) is 5.02 Å². The van der Waals surface area contributed by atoms with Crippen LogP contribution in [0, 0.1) is 11.8 Å². The largest absolute Gasteiger partial charge is 0.490 e. The van der Waals surface area contributed by atoms with Gasteiger partial charge in [-0.1, -0.05) is 31.5 Å². The zero-order valence-corrected chi connectivity index (χ0v) is 23.9. The molecule has 0 radical (unpaired) electrons. The predicted molar refractivity (Wildman–Crippen MR) is 153 cm³/mol. The van der Waals surface area contributed by atoms with Crippen LogP contribution in [0.1, 0.15) is 26.7 Å². The van der Waals surface area contributed by atoms with Gasteiger partial charge in [0, 0.05) is 76.0 Å². The zero-order valence-electron chi connectivity index (χ0n) is 23.1. The van der Waals surface area contributed by atoms with Gasteiger partial charge in [-0.15, -0.1) is 0 Å². The smallest absolute Gasteiger partial charge is 0.327 e. The number of anilines is 2. The maximum absolute atomic E-state index is 10.9. The van der Waals surface area contributed by atoms with Gasteiger partial charge in [-0.2, -0.15) is 0 Å². The van der Waals surface area contributed by atoms with E-state index in [0.717, 1.165) is 49.1 Å². The van der Waals surface area contributed by atoms with Crippen LogP contribution in [0.4, 0.5) is 11.4 Å². The Kier molecular flexibility index (Phi) is 12.2. The Morgan fingerprint density at radius 1 is 1.28 bits per heavy atom. The SMILES string of the molecule is COCCCOC(CNc1ccc(O[C@@H]2CCN(c3cc(OC)ncc3Cl)C[C@H]2C)cc1)C(C)/C=C/C(=O)O. The molecule has 0 saturated carbocycles. The summed E-state index contributed by atoms with van der Waals surface area (Å²) in [6.45, 7) is 7.47. The summed E-state index contributed by atoms with van der Waals surface area (Å²) in [6, 6.07) is 9.78. The highest BCUT2D eigenvalue weighted by molar-refractivity contribution is 6.33. The molecule has 4 atom stereocenters. The van der Waals surface area contributed by atoms with Gasteiger partial charge in [0.1, 0.15) is 11.9 Å². The number of methoxy groups -OCH3 is 2. The molecule has 2 aromatic rings. The number of piperidine rings is 1. The van der Waals surface area contributed by atoms with E-state index in [1.165, 1.54) is 0 Å². The quantitative estimate of drug-likeness (QED) is 0.226. The highest BCUT2D eigenvalue weighted by Crippen LogP contribution is 2.33. The summed E-state index contributed by atoms with van der Waals surface area (Å²) in [5, 5.41) is 13.0. The number of nitrogens with one attached hydrogen (secondary N) is 1. The molecule has 214 valence electrons. The van der Waals surface area contributed by atoms with Crippen molar-refractivity contribution in [2.24, 2.45) is 11.8 Å². The fourth-order valence-corrected chi connectivity index (χ4v) is 4.74. The van der Waals surface area contributed by atoms with Gasteiger partial charge < -0.3 is 34.3 Å². The molecule has 1 fully saturated rings. The molecule has 3 rings (SSSR count). The van der Waals surface area contributed by atoms with Gasteiger partial charge in [0.05, 0.1) is 30.1 Å². The van der Waals surface area contributed by atoms with Crippen molar-refractivity contribution in [2.75, 3.05) is 57.3 Å². The van der Waals surface area contributed by atoms with Crippen LogP contribution in [0.15, 0.2) is 48.7 Å². The van der Waals surface area contributed by atoms with Gasteiger partial charge in [0.25, 0.3) is 0 Å². The number of carboxylic acids is 1. The molecule has 2 heterocycles. The highest BCUT2D eigenvalue weighted by atomic mass is 35.5. The van der Waals surface area contributed by atoms with E-state index in [-0.39, 0.29) is 18.1 Å². The molecule has 1 aliphatic rings. The van der Waals surface area contributed by atoms with E-state index in [2.05, 4.69) is 22.1 Å². The third-order valence-corrected chi connectivity index (χ3v) is 7.08. The Morgan fingerprint density at radius 2 is 2.05 bits per heavy atom. The maximum atomic E-state index is 10.9. The summed E-state index contributed by atoms with van der Waals surface area (Å²) in [4.78, 5) is 17.4. The van der Waals surface area contributed by atoms with Gasteiger partial charge in [-0.3, -0.25) is 0 Å². The van der Waals surface area contributed by atoms with Gasteiger partial charge in [0.2, 0.25) is 5.88 Å². The molecule has 1 aliphatic heterocycles. The maximum Gasteiger partial charge on any atom is 0.327 e. The molecule has 2 N–H and O–H groups in total. The van der Waals surface area contributed by atoms with E-state index in [4.69, 9.17) is 35.7 Å². The second-order valence-corrected chi connectivity index (χ2v) is 10.2. The lowest BCUT2D eigenvalue weighted by molar-refractivity contribution is -0.131. The lowest BCUT2D eigenvalue weighted by Crippen LogP contribution is -2.44. The van der Waals surface area contributed by atoms with Crippen LogP contribution in [0.5, 0.6) is 11.6 Å². The van der Waals surface area contributed by atoms with Gasteiger partial charge in [-0.05, 0) is 30.7 Å². The minimum absolute atomic E-state index is 0.0748. The standard InChI is InChI=1S/C29H40ClN3O6/c1-20(6-11-29(34)35)27(38-15-5-14-36-3)18-31-22-7-9-23(10-8-22)39-26-12-13-33(19-21(26)2)25-16-28(37-4)32-17-24(25)30/h6-11,16-17,20-21,26-27,31H,5,12-15,18-19H2,1-4H3,(H,34,35)/b11-6+/t20?,21-,26-,27?/m1/s1. The number of halogens is 1. The third kappa shape index (κ3) is 9.60. The summed E-state index contributed by atoms with van der Waals surface area (Å²) in [6.07, 6.45) is 6.00. The molecule has 0 aliphatic carbocycles. The molecular weight excluding hydrogens is 522 g/mol. The fourth-order valence-electron chi connectivity index (χ4n) is 4.52. The van der Waals surface area contributed by atoms with E-state index in [1.54, 1.807) is 26.5 Å².